The molecule has 1 fully saturated rings. The van der Waals surface area contributed by atoms with Crippen molar-refractivity contribution in [3.05, 3.63) is 0 Å². The molecular weight excluding hydrogens is 185 g/mol. The van der Waals surface area contributed by atoms with E-state index >= 15 is 0 Å². The standard InChI is InChI=1S/C10H20FNO2/c1-9(2)14-5-4-12-6-10(11,7-12)8-13-3/h9H,4-8H2,1-3H3. The van der Waals surface area contributed by atoms with Crippen molar-refractivity contribution < 1.29 is 13.9 Å². The van der Waals surface area contributed by atoms with Crippen molar-refractivity contribution in [2.24, 2.45) is 0 Å². The van der Waals surface area contributed by atoms with Crippen molar-refractivity contribution in [1.29, 1.82) is 0 Å². The fourth-order valence-corrected chi connectivity index (χ4v) is 1.68. The van der Waals surface area contributed by atoms with E-state index in [-0.39, 0.29) is 12.7 Å². The summed E-state index contributed by atoms with van der Waals surface area (Å²) in [5.74, 6) is 0. The topological polar surface area (TPSA) is 21.7 Å². The first kappa shape index (κ1) is 11.9. The Morgan fingerprint density at radius 2 is 2.07 bits per heavy atom. The van der Waals surface area contributed by atoms with Crippen LogP contribution in [0.2, 0.25) is 0 Å². The number of nitrogens with zero attached hydrogens (tertiary/aromatic N) is 1. The van der Waals surface area contributed by atoms with Crippen molar-refractivity contribution in [2.75, 3.05) is 40.0 Å². The van der Waals surface area contributed by atoms with E-state index in [0.717, 1.165) is 6.54 Å². The minimum atomic E-state index is -1.12. The Morgan fingerprint density at radius 3 is 2.57 bits per heavy atom. The van der Waals surface area contributed by atoms with Gasteiger partial charge in [-0.05, 0) is 13.8 Å². The maximum Gasteiger partial charge on any atom is 0.159 e. The van der Waals surface area contributed by atoms with Gasteiger partial charge in [0.1, 0.15) is 0 Å². The first-order chi connectivity index (χ1) is 6.56. The first-order valence-corrected chi connectivity index (χ1v) is 5.07. The van der Waals surface area contributed by atoms with E-state index in [1.54, 1.807) is 0 Å². The van der Waals surface area contributed by atoms with E-state index in [1.165, 1.54) is 7.11 Å². The second kappa shape index (κ2) is 5.05. The van der Waals surface area contributed by atoms with Gasteiger partial charge < -0.3 is 9.47 Å². The Morgan fingerprint density at radius 1 is 1.43 bits per heavy atom. The zero-order valence-electron chi connectivity index (χ0n) is 9.25. The molecular formula is C10H20FNO2. The molecule has 0 aliphatic carbocycles. The third kappa shape index (κ3) is 3.52. The maximum absolute atomic E-state index is 13.5. The lowest BCUT2D eigenvalue weighted by atomic mass is 9.98. The average Bonchev–Trinajstić information content (AvgIpc) is 2.01. The second-order valence-electron chi connectivity index (χ2n) is 4.21. The average molecular weight is 205 g/mol. The van der Waals surface area contributed by atoms with Crippen LogP contribution in [0.4, 0.5) is 4.39 Å². The van der Waals surface area contributed by atoms with E-state index in [0.29, 0.717) is 19.7 Å². The van der Waals surface area contributed by atoms with Gasteiger partial charge in [-0.2, -0.15) is 0 Å². The molecule has 4 heteroatoms. The van der Waals surface area contributed by atoms with Crippen LogP contribution in [0.5, 0.6) is 0 Å². The lowest BCUT2D eigenvalue weighted by Crippen LogP contribution is -2.61. The van der Waals surface area contributed by atoms with Crippen LogP contribution in [0.3, 0.4) is 0 Å². The molecule has 1 heterocycles. The van der Waals surface area contributed by atoms with Crippen molar-refractivity contribution in [2.45, 2.75) is 25.6 Å². The molecule has 0 aromatic rings. The summed E-state index contributed by atoms with van der Waals surface area (Å²) in [6.45, 7) is 6.65. The smallest absolute Gasteiger partial charge is 0.159 e. The van der Waals surface area contributed by atoms with E-state index in [9.17, 15) is 4.39 Å². The van der Waals surface area contributed by atoms with Gasteiger partial charge in [-0.25, -0.2) is 4.39 Å². The molecule has 0 saturated carbocycles. The van der Waals surface area contributed by atoms with Crippen molar-refractivity contribution in [1.82, 2.24) is 4.90 Å². The van der Waals surface area contributed by atoms with Crippen LogP contribution in [0.25, 0.3) is 0 Å². The van der Waals surface area contributed by atoms with E-state index in [4.69, 9.17) is 9.47 Å². The number of likely N-dealkylation sites (tertiary alicyclic amines) is 1. The number of hydrogen-bond donors (Lipinski definition) is 0. The fourth-order valence-electron chi connectivity index (χ4n) is 1.68. The Bertz CT molecular complexity index is 170. The minimum absolute atomic E-state index is 0.203. The van der Waals surface area contributed by atoms with Crippen LogP contribution in [0.1, 0.15) is 13.8 Å². The molecule has 0 bridgehead atoms. The van der Waals surface area contributed by atoms with Gasteiger partial charge in [0.15, 0.2) is 5.67 Å². The SMILES string of the molecule is COCC1(F)CN(CCOC(C)C)C1. The second-order valence-corrected chi connectivity index (χ2v) is 4.21. The molecule has 0 aromatic carbocycles. The molecule has 0 spiro atoms. The first-order valence-electron chi connectivity index (χ1n) is 5.07. The Kier molecular flexibility index (Phi) is 4.29. The monoisotopic (exact) mass is 205 g/mol. The molecule has 84 valence electrons. The molecule has 1 rings (SSSR count). The molecule has 3 nitrogen and oxygen atoms in total. The molecule has 1 aliphatic rings. The largest absolute Gasteiger partial charge is 0.381 e. The molecule has 0 aromatic heterocycles. The minimum Gasteiger partial charge on any atom is -0.381 e. The quantitative estimate of drug-likeness (QED) is 0.647. The Balaban J connectivity index is 2.04. The summed E-state index contributed by atoms with van der Waals surface area (Å²) in [6, 6.07) is 0. The number of hydrogen-bond acceptors (Lipinski definition) is 3. The van der Waals surface area contributed by atoms with Gasteiger partial charge in [0.05, 0.1) is 19.3 Å². The predicted molar refractivity (Wildman–Crippen MR) is 53.2 cm³/mol. The van der Waals surface area contributed by atoms with Gasteiger partial charge in [-0.15, -0.1) is 0 Å². The summed E-state index contributed by atoms with van der Waals surface area (Å²) < 4.78 is 23.7. The van der Waals surface area contributed by atoms with Gasteiger partial charge in [0, 0.05) is 26.7 Å². The van der Waals surface area contributed by atoms with Crippen molar-refractivity contribution in [3.8, 4) is 0 Å². The van der Waals surface area contributed by atoms with Gasteiger partial charge in [0.25, 0.3) is 0 Å². The number of methoxy groups -OCH3 is 1. The van der Waals surface area contributed by atoms with Gasteiger partial charge in [0.2, 0.25) is 0 Å². The van der Waals surface area contributed by atoms with Gasteiger partial charge in [-0.1, -0.05) is 0 Å². The van der Waals surface area contributed by atoms with Crippen LogP contribution in [0.15, 0.2) is 0 Å². The summed E-state index contributed by atoms with van der Waals surface area (Å²) in [5, 5.41) is 0. The number of alkyl halides is 1. The van der Waals surface area contributed by atoms with E-state index in [2.05, 4.69) is 0 Å². The Hall–Kier alpha value is -0.190. The van der Waals surface area contributed by atoms with Crippen LogP contribution in [-0.2, 0) is 9.47 Å². The highest BCUT2D eigenvalue weighted by Gasteiger charge is 2.42. The summed E-state index contributed by atoms with van der Waals surface area (Å²) in [6.07, 6.45) is 0.255. The predicted octanol–water partition coefficient (Wildman–Crippen LogP) is 1.08. The van der Waals surface area contributed by atoms with E-state index < -0.39 is 5.67 Å². The van der Waals surface area contributed by atoms with Gasteiger partial charge >= 0.3 is 0 Å². The molecule has 0 radical (unpaired) electrons. The normalized spacial score (nSPS) is 21.2. The third-order valence-corrected chi connectivity index (χ3v) is 2.28. The van der Waals surface area contributed by atoms with Crippen LogP contribution >= 0.6 is 0 Å². The molecule has 1 saturated heterocycles. The van der Waals surface area contributed by atoms with Gasteiger partial charge in [-0.3, -0.25) is 4.90 Å². The van der Waals surface area contributed by atoms with Crippen molar-refractivity contribution >= 4 is 0 Å². The van der Waals surface area contributed by atoms with Crippen LogP contribution in [0, 0.1) is 0 Å². The summed E-state index contributed by atoms with van der Waals surface area (Å²) in [5.41, 5.74) is -1.12. The maximum atomic E-state index is 13.5. The summed E-state index contributed by atoms with van der Waals surface area (Å²) in [7, 11) is 1.53. The van der Waals surface area contributed by atoms with E-state index in [1.807, 2.05) is 18.7 Å². The number of rotatable bonds is 6. The highest BCUT2D eigenvalue weighted by Crippen LogP contribution is 2.24. The summed E-state index contributed by atoms with van der Waals surface area (Å²) >= 11 is 0. The lowest BCUT2D eigenvalue weighted by Gasteiger charge is -2.43. The molecule has 0 amide bonds. The third-order valence-electron chi connectivity index (χ3n) is 2.28. The highest BCUT2D eigenvalue weighted by molar-refractivity contribution is 4.95. The van der Waals surface area contributed by atoms with Crippen LogP contribution in [-0.4, -0.2) is 56.6 Å². The zero-order valence-corrected chi connectivity index (χ0v) is 9.25. The van der Waals surface area contributed by atoms with Crippen LogP contribution < -0.4 is 0 Å². The fraction of sp³-hybridized carbons (Fsp3) is 1.00. The molecule has 1 aliphatic heterocycles. The molecule has 14 heavy (non-hydrogen) atoms. The molecule has 0 unspecified atom stereocenters. The number of halogens is 1. The van der Waals surface area contributed by atoms with Crippen molar-refractivity contribution in [3.63, 3.8) is 0 Å². The number of ether oxygens (including phenoxy) is 2. The summed E-state index contributed by atoms with van der Waals surface area (Å²) in [4.78, 5) is 2.04. The zero-order chi connectivity index (χ0) is 10.6. The Labute approximate surface area is 85.2 Å². The molecule has 0 atom stereocenters. The molecule has 0 N–H and O–H groups in total. The lowest BCUT2D eigenvalue weighted by molar-refractivity contribution is -0.0862. The highest BCUT2D eigenvalue weighted by atomic mass is 19.1.